The molecular formula is C22H18BrF2N4O2+. The molecule has 0 atom stereocenters. The van der Waals surface area contributed by atoms with E-state index in [4.69, 9.17) is 16.6 Å². The summed E-state index contributed by atoms with van der Waals surface area (Å²) < 4.78 is 27.6. The molecule has 0 saturated carbocycles. The van der Waals surface area contributed by atoms with Crippen molar-refractivity contribution in [1.29, 1.82) is 0 Å². The molecule has 2 aromatic carbocycles. The van der Waals surface area contributed by atoms with Crippen LogP contribution in [0, 0.1) is 17.7 Å². The smallest absolute Gasteiger partial charge is 0.368 e. The van der Waals surface area contributed by atoms with Gasteiger partial charge in [-0.05, 0) is 36.4 Å². The van der Waals surface area contributed by atoms with Crippen molar-refractivity contribution in [3.05, 3.63) is 111 Å². The Bertz CT molecular complexity index is 1190. The summed E-state index contributed by atoms with van der Waals surface area (Å²) >= 11 is 3.10. The Balaban J connectivity index is 0.000000181. The third kappa shape index (κ3) is 7.50. The summed E-state index contributed by atoms with van der Waals surface area (Å²) in [7, 11) is 0. The Kier molecular flexibility index (Phi) is 8.63. The Morgan fingerprint density at radius 3 is 2.16 bits per heavy atom. The summed E-state index contributed by atoms with van der Waals surface area (Å²) in [5.74, 6) is -0.963. The lowest BCUT2D eigenvalue weighted by Gasteiger charge is -2.05. The number of aliphatic hydroxyl groups excluding tert-OH is 1. The van der Waals surface area contributed by atoms with Gasteiger partial charge in [0.05, 0.1) is 23.1 Å². The van der Waals surface area contributed by atoms with Gasteiger partial charge in [-0.15, -0.1) is 0 Å². The topological polar surface area (TPSA) is 107 Å². The molecule has 31 heavy (non-hydrogen) atoms. The van der Waals surface area contributed by atoms with Crippen molar-refractivity contribution in [2.75, 3.05) is 11.5 Å². The van der Waals surface area contributed by atoms with E-state index in [1.807, 2.05) is 0 Å². The highest BCUT2D eigenvalue weighted by atomic mass is 79.9. The van der Waals surface area contributed by atoms with Crippen LogP contribution in [0.25, 0.3) is 5.69 Å². The molecule has 4 rings (SSSR count). The normalized spacial score (nSPS) is 11.3. The molecule has 0 amide bonds. The van der Waals surface area contributed by atoms with Crippen LogP contribution in [0.5, 0.6) is 0 Å². The summed E-state index contributed by atoms with van der Waals surface area (Å²) in [5, 5.41) is 8.47. The number of nitrogen functional groups attached to an aromatic ring is 2. The number of hydrogen-bond donors (Lipinski definition) is 3. The number of rotatable bonds is 1. The van der Waals surface area contributed by atoms with E-state index < -0.39 is 5.82 Å². The van der Waals surface area contributed by atoms with Crippen LogP contribution in [0.1, 0.15) is 0 Å². The zero-order valence-corrected chi connectivity index (χ0v) is 17.6. The Labute approximate surface area is 185 Å². The van der Waals surface area contributed by atoms with Crippen molar-refractivity contribution in [3.8, 4) is 5.69 Å². The predicted molar refractivity (Wildman–Crippen MR) is 122 cm³/mol. The lowest BCUT2D eigenvalue weighted by Crippen LogP contribution is -2.15. The van der Waals surface area contributed by atoms with Gasteiger partial charge in [-0.1, -0.05) is 22.0 Å². The Morgan fingerprint density at radius 2 is 1.68 bits per heavy atom. The van der Waals surface area contributed by atoms with Crippen molar-refractivity contribution in [1.82, 2.24) is 4.57 Å². The number of halogens is 3. The van der Waals surface area contributed by atoms with Crippen LogP contribution in [0.4, 0.5) is 20.2 Å². The monoisotopic (exact) mass is 487 g/mol. The molecule has 158 valence electrons. The van der Waals surface area contributed by atoms with Crippen LogP contribution in [0.3, 0.4) is 0 Å². The van der Waals surface area contributed by atoms with E-state index in [-0.39, 0.29) is 28.6 Å². The van der Waals surface area contributed by atoms with Gasteiger partial charge in [-0.2, -0.15) is 4.99 Å². The highest BCUT2D eigenvalue weighted by molar-refractivity contribution is 9.10. The molecule has 0 aliphatic carbocycles. The van der Waals surface area contributed by atoms with E-state index in [1.54, 1.807) is 42.6 Å². The van der Waals surface area contributed by atoms with Gasteiger partial charge in [0.25, 0.3) is 5.56 Å². The van der Waals surface area contributed by atoms with Crippen molar-refractivity contribution in [2.45, 2.75) is 0 Å². The molecule has 1 aliphatic rings. The van der Waals surface area contributed by atoms with Gasteiger partial charge in [0, 0.05) is 22.8 Å². The fraction of sp³-hybridized carbons (Fsp3) is 0. The second-order valence-electron chi connectivity index (χ2n) is 5.89. The Morgan fingerprint density at radius 1 is 1.00 bits per heavy atom. The number of aromatic nitrogens is 1. The molecule has 0 radical (unpaired) electrons. The molecule has 1 aliphatic heterocycles. The molecule has 1 aromatic heterocycles. The van der Waals surface area contributed by atoms with E-state index in [0.717, 1.165) is 0 Å². The average Bonchev–Trinajstić information content (AvgIpc) is 2.75. The van der Waals surface area contributed by atoms with Gasteiger partial charge in [-0.25, -0.2) is 8.78 Å². The highest BCUT2D eigenvalue weighted by Gasteiger charge is 2.02. The first-order chi connectivity index (χ1) is 14.8. The fourth-order valence-electron chi connectivity index (χ4n) is 2.12. The zero-order chi connectivity index (χ0) is 22.8. The van der Waals surface area contributed by atoms with Gasteiger partial charge < -0.3 is 16.6 Å². The van der Waals surface area contributed by atoms with E-state index >= 15 is 0 Å². The SMILES string of the molecule is Nc1ccc(-n2ccccc2=O)cc1F.Nc1ccc(Br)cc1F.OC1=[C+]C=CC=N1. The lowest BCUT2D eigenvalue weighted by atomic mass is 10.2. The van der Waals surface area contributed by atoms with Gasteiger partial charge in [0.15, 0.2) is 12.2 Å². The lowest BCUT2D eigenvalue weighted by molar-refractivity contribution is 0.404. The molecule has 0 saturated heterocycles. The zero-order valence-electron chi connectivity index (χ0n) is 16.0. The number of allylic oxidation sites excluding steroid dienone is 3. The van der Waals surface area contributed by atoms with Gasteiger partial charge in [-0.3, -0.25) is 9.36 Å². The number of aliphatic hydroxyl groups is 1. The molecular weight excluding hydrogens is 470 g/mol. The number of anilines is 2. The van der Waals surface area contributed by atoms with Crippen molar-refractivity contribution in [2.24, 2.45) is 4.99 Å². The maximum absolute atomic E-state index is 13.2. The molecule has 0 unspecified atom stereocenters. The van der Waals surface area contributed by atoms with E-state index in [9.17, 15) is 13.6 Å². The first-order valence-electron chi connectivity index (χ1n) is 8.73. The third-order valence-corrected chi connectivity index (χ3v) is 4.13. The quantitative estimate of drug-likeness (QED) is 0.345. The molecule has 2 heterocycles. The van der Waals surface area contributed by atoms with Crippen LogP contribution in [-0.2, 0) is 0 Å². The first kappa shape index (κ1) is 23.5. The Hall–Kier alpha value is -3.81. The fourth-order valence-corrected chi connectivity index (χ4v) is 2.46. The maximum Gasteiger partial charge on any atom is 0.368 e. The number of pyridine rings is 1. The second-order valence-corrected chi connectivity index (χ2v) is 6.80. The summed E-state index contributed by atoms with van der Waals surface area (Å²) in [5.41, 5.74) is 11.0. The maximum atomic E-state index is 13.2. The van der Waals surface area contributed by atoms with Crippen LogP contribution >= 0.6 is 15.9 Å². The van der Waals surface area contributed by atoms with Crippen molar-refractivity contribution >= 4 is 33.5 Å². The van der Waals surface area contributed by atoms with Crippen molar-refractivity contribution in [3.63, 3.8) is 0 Å². The number of nitrogens with zero attached hydrogens (tertiary/aromatic N) is 2. The molecule has 0 spiro atoms. The first-order valence-corrected chi connectivity index (χ1v) is 9.52. The van der Waals surface area contributed by atoms with E-state index in [1.165, 1.54) is 41.1 Å². The largest absolute Gasteiger partial charge is 0.471 e. The number of aliphatic imine (C=N–C) groups is 1. The molecule has 6 nitrogen and oxygen atoms in total. The number of nitrogens with two attached hydrogens (primary N) is 2. The second kappa shape index (κ2) is 11.4. The number of hydrogen-bond acceptors (Lipinski definition) is 5. The summed E-state index contributed by atoms with van der Waals surface area (Å²) in [6.07, 6.45) is 8.85. The van der Waals surface area contributed by atoms with Gasteiger partial charge in [0.2, 0.25) is 0 Å². The molecule has 3 aromatic rings. The van der Waals surface area contributed by atoms with Crippen molar-refractivity contribution < 1.29 is 13.9 Å². The minimum atomic E-state index is -0.525. The minimum absolute atomic E-state index is 0.0532. The molecule has 9 heteroatoms. The van der Waals surface area contributed by atoms with Crippen LogP contribution in [-0.4, -0.2) is 15.9 Å². The average molecular weight is 488 g/mol. The summed E-state index contributed by atoms with van der Waals surface area (Å²) in [6.45, 7) is 0. The van der Waals surface area contributed by atoms with Gasteiger partial charge in [0.1, 0.15) is 17.8 Å². The van der Waals surface area contributed by atoms with E-state index in [0.29, 0.717) is 10.2 Å². The number of benzene rings is 2. The van der Waals surface area contributed by atoms with E-state index in [2.05, 4.69) is 27.0 Å². The predicted octanol–water partition coefficient (Wildman–Crippen LogP) is 4.56. The summed E-state index contributed by atoms with van der Waals surface area (Å²) in [6, 6.07) is 13.5. The molecule has 0 fully saturated rings. The van der Waals surface area contributed by atoms with Crippen LogP contribution in [0.2, 0.25) is 0 Å². The third-order valence-electron chi connectivity index (χ3n) is 3.64. The van der Waals surface area contributed by atoms with Gasteiger partial charge >= 0.3 is 5.88 Å². The standard InChI is InChI=1S/C11H9FN2O.C6H5BrFN.C5H3NO/c12-9-7-8(4-5-10(9)13)14-6-2-1-3-11(14)15;7-4-1-2-6(9)5(8)3-4;7-5-3-1-2-4-6-5/h1-7H,13H2;1-3H,9H2;1-2,4H/p+1. The molecule has 0 bridgehead atoms. The minimum Gasteiger partial charge on any atom is -0.471 e. The van der Waals surface area contributed by atoms with Crippen LogP contribution in [0.15, 0.2) is 93.1 Å². The highest BCUT2D eigenvalue weighted by Crippen LogP contribution is 2.16. The summed E-state index contributed by atoms with van der Waals surface area (Å²) in [4.78, 5) is 14.9. The molecule has 5 N–H and O–H groups in total. The van der Waals surface area contributed by atoms with Crippen LogP contribution < -0.4 is 17.0 Å².